The number of pyridine rings is 1. The molecule has 3 heterocycles. The molecule has 2 aliphatic heterocycles. The van der Waals surface area contributed by atoms with Gasteiger partial charge in [0.2, 0.25) is 5.43 Å². The van der Waals surface area contributed by atoms with Gasteiger partial charge in [0, 0.05) is 31.7 Å². The number of rotatable bonds is 2. The highest BCUT2D eigenvalue weighted by atomic mass is 19.1. The van der Waals surface area contributed by atoms with Gasteiger partial charge in [-0.25, -0.2) is 4.39 Å². The number of morpholine rings is 1. The first-order chi connectivity index (χ1) is 16.1. The van der Waals surface area contributed by atoms with Crippen molar-refractivity contribution in [2.24, 2.45) is 0 Å². The molecule has 1 amide bonds. The van der Waals surface area contributed by atoms with E-state index in [-0.39, 0.29) is 28.3 Å². The van der Waals surface area contributed by atoms with Crippen LogP contribution < -0.4 is 15.5 Å². The molecule has 0 radical (unpaired) electrons. The maximum absolute atomic E-state index is 15.0. The summed E-state index contributed by atoms with van der Waals surface area (Å²) in [6.45, 7) is 1.63. The lowest BCUT2D eigenvalue weighted by atomic mass is 10.0. The summed E-state index contributed by atoms with van der Waals surface area (Å²) >= 11 is 0. The average molecular weight is 445 g/mol. The summed E-state index contributed by atoms with van der Waals surface area (Å²) in [6.07, 6.45) is 1.57. The number of fused-ring (bicyclic) bond motifs is 4. The number of carbonyl (C=O) groups excluding carboxylic acids is 1. The lowest BCUT2D eigenvalue weighted by Crippen LogP contribution is -2.42. The van der Waals surface area contributed by atoms with Crippen LogP contribution in [-0.2, 0) is 4.74 Å². The summed E-state index contributed by atoms with van der Waals surface area (Å²) in [7, 11) is 1.60. The van der Waals surface area contributed by atoms with E-state index in [0.29, 0.717) is 43.3 Å². The first kappa shape index (κ1) is 19.8. The second-order valence-corrected chi connectivity index (χ2v) is 8.09. The van der Waals surface area contributed by atoms with Crippen molar-refractivity contribution in [1.82, 2.24) is 9.47 Å². The largest absolute Gasteiger partial charge is 0.451 e. The summed E-state index contributed by atoms with van der Waals surface area (Å²) < 4.78 is 28.3. The zero-order valence-electron chi connectivity index (χ0n) is 17.9. The molecule has 0 aliphatic carbocycles. The summed E-state index contributed by atoms with van der Waals surface area (Å²) in [5.41, 5.74) is 0.755. The molecule has 2 aliphatic rings. The van der Waals surface area contributed by atoms with E-state index in [1.807, 2.05) is 36.4 Å². The van der Waals surface area contributed by atoms with Crippen LogP contribution in [0, 0.1) is 5.82 Å². The number of hydrogen-bond acceptors (Lipinski definition) is 5. The average Bonchev–Trinajstić information content (AvgIpc) is 2.85. The normalized spacial score (nSPS) is 14.8. The van der Waals surface area contributed by atoms with Crippen LogP contribution in [0.25, 0.3) is 27.4 Å². The van der Waals surface area contributed by atoms with Crippen LogP contribution >= 0.6 is 0 Å². The Hall–Kier alpha value is -3.91. The fourth-order valence-corrected chi connectivity index (χ4v) is 4.70. The SMILES string of the molecule is CNc1c(F)cc2c(=O)c(C(=O)N3CCOCC3)cn3c2c1Oc1ccc2ccccc2c1-3. The summed E-state index contributed by atoms with van der Waals surface area (Å²) in [5.74, 6) is -0.276. The van der Waals surface area contributed by atoms with Crippen molar-refractivity contribution in [3.63, 3.8) is 0 Å². The number of nitrogens with one attached hydrogen (secondary N) is 1. The van der Waals surface area contributed by atoms with Crippen molar-refractivity contribution >= 4 is 33.3 Å². The van der Waals surface area contributed by atoms with Crippen molar-refractivity contribution in [3.8, 4) is 17.2 Å². The second-order valence-electron chi connectivity index (χ2n) is 8.09. The van der Waals surface area contributed by atoms with Gasteiger partial charge in [0.1, 0.15) is 16.8 Å². The van der Waals surface area contributed by atoms with Crippen LogP contribution in [0.4, 0.5) is 10.1 Å². The molecular weight excluding hydrogens is 425 g/mol. The summed E-state index contributed by atoms with van der Waals surface area (Å²) in [5, 5.41) is 4.81. The van der Waals surface area contributed by atoms with Crippen molar-refractivity contribution in [2.75, 3.05) is 38.7 Å². The maximum Gasteiger partial charge on any atom is 0.259 e. The van der Waals surface area contributed by atoms with Gasteiger partial charge in [-0.3, -0.25) is 9.59 Å². The first-order valence-electron chi connectivity index (χ1n) is 10.7. The fourth-order valence-electron chi connectivity index (χ4n) is 4.70. The van der Waals surface area contributed by atoms with Crippen LogP contribution in [0.1, 0.15) is 10.4 Å². The van der Waals surface area contributed by atoms with E-state index in [9.17, 15) is 9.59 Å². The predicted octanol–water partition coefficient (Wildman–Crippen LogP) is 3.90. The maximum atomic E-state index is 15.0. The second kappa shape index (κ2) is 7.31. The Morgan fingerprint density at radius 1 is 1.09 bits per heavy atom. The fraction of sp³-hybridized carbons (Fsp3) is 0.200. The zero-order chi connectivity index (χ0) is 22.7. The predicted molar refractivity (Wildman–Crippen MR) is 123 cm³/mol. The molecule has 4 aromatic rings. The van der Waals surface area contributed by atoms with Crippen LogP contribution in [-0.4, -0.2) is 48.7 Å². The van der Waals surface area contributed by atoms with Crippen LogP contribution in [0.15, 0.2) is 53.5 Å². The van der Waals surface area contributed by atoms with Gasteiger partial charge in [-0.1, -0.05) is 30.3 Å². The highest BCUT2D eigenvalue weighted by Gasteiger charge is 2.30. The number of amides is 1. The third-order valence-corrected chi connectivity index (χ3v) is 6.29. The number of benzene rings is 3. The molecular formula is C25H20FN3O4. The molecule has 0 spiro atoms. The molecule has 33 heavy (non-hydrogen) atoms. The molecule has 6 rings (SSSR count). The zero-order valence-corrected chi connectivity index (χ0v) is 17.9. The van der Waals surface area contributed by atoms with Gasteiger partial charge in [-0.2, -0.15) is 0 Å². The van der Waals surface area contributed by atoms with E-state index in [0.717, 1.165) is 10.8 Å². The molecule has 7 nitrogen and oxygen atoms in total. The Morgan fingerprint density at radius 3 is 2.67 bits per heavy atom. The summed E-state index contributed by atoms with van der Waals surface area (Å²) in [4.78, 5) is 28.4. The van der Waals surface area contributed by atoms with E-state index in [1.165, 1.54) is 6.07 Å². The Labute approximate surface area is 187 Å². The molecule has 166 valence electrons. The molecule has 3 aromatic carbocycles. The number of aromatic nitrogens is 1. The lowest BCUT2D eigenvalue weighted by molar-refractivity contribution is 0.0302. The molecule has 0 saturated carbocycles. The van der Waals surface area contributed by atoms with Crippen molar-refractivity contribution in [2.45, 2.75) is 0 Å². The molecule has 1 fully saturated rings. The number of hydrogen-bond donors (Lipinski definition) is 1. The Bertz CT molecular complexity index is 1520. The number of anilines is 1. The van der Waals surface area contributed by atoms with E-state index in [4.69, 9.17) is 9.47 Å². The topological polar surface area (TPSA) is 72.8 Å². The van der Waals surface area contributed by atoms with Gasteiger partial charge in [0.15, 0.2) is 17.3 Å². The van der Waals surface area contributed by atoms with E-state index in [1.54, 1.807) is 22.7 Å². The smallest absolute Gasteiger partial charge is 0.259 e. The van der Waals surface area contributed by atoms with Crippen LogP contribution in [0.5, 0.6) is 11.5 Å². The quantitative estimate of drug-likeness (QED) is 0.446. The van der Waals surface area contributed by atoms with Crippen LogP contribution in [0.2, 0.25) is 0 Å². The highest BCUT2D eigenvalue weighted by molar-refractivity contribution is 6.04. The minimum absolute atomic E-state index is 0.00672. The Kier molecular flexibility index (Phi) is 4.38. The van der Waals surface area contributed by atoms with E-state index >= 15 is 4.39 Å². The molecule has 0 bridgehead atoms. The van der Waals surface area contributed by atoms with Gasteiger partial charge in [-0.15, -0.1) is 0 Å². The van der Waals surface area contributed by atoms with Crippen molar-refractivity contribution in [3.05, 3.63) is 70.3 Å². The van der Waals surface area contributed by atoms with Gasteiger partial charge >= 0.3 is 0 Å². The van der Waals surface area contributed by atoms with Crippen molar-refractivity contribution in [1.29, 1.82) is 0 Å². The molecule has 1 aromatic heterocycles. The van der Waals surface area contributed by atoms with Crippen molar-refractivity contribution < 1.29 is 18.7 Å². The minimum atomic E-state index is -0.621. The number of carbonyl (C=O) groups is 1. The van der Waals surface area contributed by atoms with E-state index in [2.05, 4.69) is 5.32 Å². The van der Waals surface area contributed by atoms with E-state index < -0.39 is 11.2 Å². The van der Waals surface area contributed by atoms with Gasteiger partial charge < -0.3 is 24.3 Å². The summed E-state index contributed by atoms with van der Waals surface area (Å²) in [6, 6.07) is 12.7. The number of halogens is 1. The molecule has 1 saturated heterocycles. The number of nitrogens with zero attached hydrogens (tertiary/aromatic N) is 2. The van der Waals surface area contributed by atoms with Gasteiger partial charge in [0.25, 0.3) is 5.91 Å². The lowest BCUT2D eigenvalue weighted by Gasteiger charge is -2.29. The Morgan fingerprint density at radius 2 is 1.88 bits per heavy atom. The third-order valence-electron chi connectivity index (χ3n) is 6.29. The Balaban J connectivity index is 1.72. The molecule has 0 unspecified atom stereocenters. The van der Waals surface area contributed by atoms with Gasteiger partial charge in [0.05, 0.1) is 24.3 Å². The van der Waals surface area contributed by atoms with Gasteiger partial charge in [-0.05, 0) is 17.5 Å². The van der Waals surface area contributed by atoms with Crippen LogP contribution in [0.3, 0.4) is 0 Å². The highest BCUT2D eigenvalue weighted by Crippen LogP contribution is 2.47. The molecule has 1 N–H and O–H groups in total. The monoisotopic (exact) mass is 445 g/mol. The first-order valence-corrected chi connectivity index (χ1v) is 10.7. The molecule has 8 heteroatoms. The standard InChI is InChI=1S/C25H20FN3O4/c1-27-20-18(26)12-16-22-24(20)33-19-7-6-14-4-2-3-5-15(14)21(19)29(22)13-17(23(16)30)25(31)28-8-10-32-11-9-28/h2-7,12-13,27H,8-11H2,1H3. The number of ether oxygens (including phenoxy) is 2. The third kappa shape index (κ3) is 2.84. The molecule has 0 atom stereocenters. The minimum Gasteiger partial charge on any atom is -0.451 e.